The molecule has 0 spiro atoms. The van der Waals surface area contributed by atoms with Crippen LogP contribution >= 0.6 is 24.0 Å². The number of hydrogen-bond acceptors (Lipinski definition) is 5. The van der Waals surface area contributed by atoms with Crippen LogP contribution in [-0.4, -0.2) is 25.6 Å². The minimum atomic E-state index is 0.619. The van der Waals surface area contributed by atoms with Gasteiger partial charge in [0.15, 0.2) is 11.5 Å². The first-order valence-corrected chi connectivity index (χ1v) is 12.6. The van der Waals surface area contributed by atoms with Crippen LogP contribution in [0.4, 0.5) is 0 Å². The molecule has 1 aliphatic heterocycles. The molecular weight excluding hydrogens is 400 g/mol. The number of hydrogen-bond donors (Lipinski definition) is 1. The highest BCUT2D eigenvalue weighted by molar-refractivity contribution is 7.80. The lowest BCUT2D eigenvalue weighted by Crippen LogP contribution is -2.14. The third kappa shape index (κ3) is 7.45. The van der Waals surface area contributed by atoms with Gasteiger partial charge in [0.25, 0.3) is 0 Å². The summed E-state index contributed by atoms with van der Waals surface area (Å²) in [5, 5.41) is 2.03. The van der Waals surface area contributed by atoms with E-state index in [9.17, 15) is 0 Å². The van der Waals surface area contributed by atoms with E-state index in [2.05, 4.69) is 36.9 Å². The number of benzene rings is 1. The molecule has 1 aliphatic rings. The fourth-order valence-electron chi connectivity index (χ4n) is 3.58. The molecule has 3 nitrogen and oxygen atoms in total. The number of thiophene rings is 1. The fourth-order valence-corrected chi connectivity index (χ4v) is 4.75. The number of fused-ring (bicyclic) bond motifs is 1. The van der Waals surface area contributed by atoms with E-state index in [4.69, 9.17) is 14.2 Å². The smallest absolute Gasteiger partial charge is 0.179 e. The summed E-state index contributed by atoms with van der Waals surface area (Å²) in [6.45, 7) is 2.05. The summed E-state index contributed by atoms with van der Waals surface area (Å²) in [6.07, 6.45) is 13.2. The van der Waals surface area contributed by atoms with E-state index >= 15 is 0 Å². The van der Waals surface area contributed by atoms with Crippen LogP contribution in [0.25, 0.3) is 10.4 Å². The maximum Gasteiger partial charge on any atom is 0.179 e. The molecule has 0 N–H and O–H groups in total. The number of ether oxygens (including phenoxy) is 3. The Bertz CT molecular complexity index is 697. The lowest BCUT2D eigenvalue weighted by molar-refractivity contribution is 0.174. The summed E-state index contributed by atoms with van der Waals surface area (Å²) in [4.78, 5) is 1.13. The molecule has 2 heterocycles. The van der Waals surface area contributed by atoms with Crippen LogP contribution < -0.4 is 14.2 Å². The van der Waals surface area contributed by atoms with Crippen molar-refractivity contribution < 1.29 is 14.2 Å². The van der Waals surface area contributed by atoms with Gasteiger partial charge >= 0.3 is 0 Å². The lowest BCUT2D eigenvalue weighted by Gasteiger charge is -2.16. The van der Waals surface area contributed by atoms with Crippen molar-refractivity contribution in [3.05, 3.63) is 29.6 Å². The molecule has 0 saturated heterocycles. The van der Waals surface area contributed by atoms with Gasteiger partial charge in [0.1, 0.15) is 19.0 Å². The Labute approximate surface area is 185 Å². The molecule has 0 atom stereocenters. The van der Waals surface area contributed by atoms with E-state index in [-0.39, 0.29) is 0 Å². The summed E-state index contributed by atoms with van der Waals surface area (Å²) in [5.41, 5.74) is 1.15. The largest absolute Gasteiger partial charge is 0.494 e. The third-order valence-corrected chi connectivity index (χ3v) is 6.54. The zero-order valence-corrected chi connectivity index (χ0v) is 19.1. The summed E-state index contributed by atoms with van der Waals surface area (Å²) in [7, 11) is 0. The van der Waals surface area contributed by atoms with Crippen molar-refractivity contribution in [2.45, 2.75) is 64.2 Å². The Kier molecular flexibility index (Phi) is 10.1. The molecule has 0 fully saturated rings. The summed E-state index contributed by atoms with van der Waals surface area (Å²) in [5.74, 6) is 3.72. The van der Waals surface area contributed by atoms with Crippen molar-refractivity contribution in [2.75, 3.05) is 25.6 Å². The molecule has 1 aromatic carbocycles. The average Bonchev–Trinajstić information content (AvgIpc) is 3.19. The predicted octanol–water partition coefficient (Wildman–Crippen LogP) is 7.40. The van der Waals surface area contributed by atoms with Gasteiger partial charge in [-0.1, -0.05) is 51.4 Å². The minimum Gasteiger partial charge on any atom is -0.494 e. The molecule has 0 saturated carbocycles. The van der Waals surface area contributed by atoms with Crippen LogP contribution in [0, 0.1) is 0 Å². The van der Waals surface area contributed by atoms with Crippen molar-refractivity contribution in [1.82, 2.24) is 0 Å². The highest BCUT2D eigenvalue weighted by Gasteiger charge is 2.19. The van der Waals surface area contributed by atoms with Gasteiger partial charge in [-0.15, -0.1) is 11.3 Å². The lowest BCUT2D eigenvalue weighted by atomic mass is 10.1. The van der Waals surface area contributed by atoms with Gasteiger partial charge in [0.2, 0.25) is 0 Å². The molecule has 1 aromatic heterocycles. The molecule has 5 heteroatoms. The highest BCUT2D eigenvalue weighted by atomic mass is 32.1. The minimum absolute atomic E-state index is 0.619. The van der Waals surface area contributed by atoms with Crippen molar-refractivity contribution in [2.24, 2.45) is 0 Å². The summed E-state index contributed by atoms with van der Waals surface area (Å²) in [6, 6.07) is 8.32. The zero-order valence-electron chi connectivity index (χ0n) is 17.4. The van der Waals surface area contributed by atoms with E-state index in [1.807, 2.05) is 5.38 Å². The Hall–Kier alpha value is -1.33. The van der Waals surface area contributed by atoms with Gasteiger partial charge in [-0.2, -0.15) is 12.6 Å². The van der Waals surface area contributed by atoms with E-state index in [1.54, 1.807) is 11.3 Å². The maximum absolute atomic E-state index is 5.91. The van der Waals surface area contributed by atoms with Crippen molar-refractivity contribution >= 4 is 24.0 Å². The molecule has 0 bridgehead atoms. The second-order valence-corrected chi connectivity index (χ2v) is 8.91. The van der Waals surface area contributed by atoms with Crippen LogP contribution in [0.3, 0.4) is 0 Å². The first-order valence-electron chi connectivity index (χ1n) is 11.1. The van der Waals surface area contributed by atoms with Gasteiger partial charge in [0.05, 0.1) is 11.5 Å². The number of thiol groups is 1. The van der Waals surface area contributed by atoms with Crippen LogP contribution in [0.5, 0.6) is 17.2 Å². The second kappa shape index (κ2) is 13.1. The molecule has 3 rings (SSSR count). The van der Waals surface area contributed by atoms with Gasteiger partial charge in [0, 0.05) is 5.38 Å². The Morgan fingerprint density at radius 1 is 0.793 bits per heavy atom. The van der Waals surface area contributed by atoms with Crippen molar-refractivity contribution in [3.8, 4) is 27.7 Å². The summed E-state index contributed by atoms with van der Waals surface area (Å²) >= 11 is 5.92. The van der Waals surface area contributed by atoms with E-state index in [1.165, 1.54) is 57.8 Å². The van der Waals surface area contributed by atoms with E-state index in [0.717, 1.165) is 46.5 Å². The molecule has 29 heavy (non-hydrogen) atoms. The Morgan fingerprint density at radius 2 is 1.41 bits per heavy atom. The van der Waals surface area contributed by atoms with Gasteiger partial charge in [-0.3, -0.25) is 0 Å². The zero-order chi connectivity index (χ0) is 20.2. The highest BCUT2D eigenvalue weighted by Crippen LogP contribution is 2.45. The normalized spacial score (nSPS) is 12.9. The molecule has 0 radical (unpaired) electrons. The van der Waals surface area contributed by atoms with Gasteiger partial charge in [-0.25, -0.2) is 0 Å². The van der Waals surface area contributed by atoms with E-state index < -0.39 is 0 Å². The number of rotatable bonds is 14. The Balaban J connectivity index is 1.26. The SMILES string of the molecule is SCCCCCCCCCCCCOc1ccc(-c2scc3c2OCCO3)cc1. The topological polar surface area (TPSA) is 27.7 Å². The van der Waals surface area contributed by atoms with Crippen LogP contribution in [0.1, 0.15) is 64.2 Å². The standard InChI is InChI=1S/C24H34O3S2/c28-18-10-8-6-4-2-1-3-5-7-9-15-25-21-13-11-20(12-14-21)24-23-22(19-29-24)26-16-17-27-23/h11-14,19,28H,1-10,15-18H2. The first-order chi connectivity index (χ1) is 14.4. The second-order valence-electron chi connectivity index (χ2n) is 7.59. The van der Waals surface area contributed by atoms with Gasteiger partial charge < -0.3 is 14.2 Å². The molecule has 2 aromatic rings. The Morgan fingerprint density at radius 3 is 2.10 bits per heavy atom. The third-order valence-electron chi connectivity index (χ3n) is 5.24. The van der Waals surface area contributed by atoms with Gasteiger partial charge in [-0.05, 0) is 48.4 Å². The van der Waals surface area contributed by atoms with E-state index in [0.29, 0.717) is 13.2 Å². The van der Waals surface area contributed by atoms with Crippen molar-refractivity contribution in [3.63, 3.8) is 0 Å². The fraction of sp³-hybridized carbons (Fsp3) is 0.583. The number of unbranched alkanes of at least 4 members (excludes halogenated alkanes) is 9. The monoisotopic (exact) mass is 434 g/mol. The molecular formula is C24H34O3S2. The first kappa shape index (κ1) is 22.4. The summed E-state index contributed by atoms with van der Waals surface area (Å²) < 4.78 is 17.3. The molecule has 0 unspecified atom stereocenters. The maximum atomic E-state index is 5.91. The molecule has 160 valence electrons. The van der Waals surface area contributed by atoms with Crippen LogP contribution in [-0.2, 0) is 0 Å². The quantitative estimate of drug-likeness (QED) is 0.248. The molecule has 0 amide bonds. The van der Waals surface area contributed by atoms with Crippen molar-refractivity contribution in [1.29, 1.82) is 0 Å². The molecule has 0 aliphatic carbocycles. The van der Waals surface area contributed by atoms with Crippen LogP contribution in [0.15, 0.2) is 29.6 Å². The van der Waals surface area contributed by atoms with Crippen LogP contribution in [0.2, 0.25) is 0 Å². The average molecular weight is 435 g/mol. The predicted molar refractivity (Wildman–Crippen MR) is 126 cm³/mol.